The number of hydrazine groups is 1. The van der Waals surface area contributed by atoms with Crippen molar-refractivity contribution in [3.05, 3.63) is 48.4 Å². The van der Waals surface area contributed by atoms with Crippen molar-refractivity contribution in [2.24, 2.45) is 5.84 Å². The number of nitrogens with two attached hydrogens (primary N) is 1. The first-order valence-electron chi connectivity index (χ1n) is 5.33. The molecule has 0 unspecified atom stereocenters. The maximum atomic E-state index is 12.3. The maximum Gasteiger partial charge on any atom is 0.262 e. The van der Waals surface area contributed by atoms with Crippen LogP contribution in [-0.4, -0.2) is 22.9 Å². The van der Waals surface area contributed by atoms with Crippen LogP contribution in [0.15, 0.2) is 42.9 Å². The Balaban J connectivity index is 2.32. The van der Waals surface area contributed by atoms with E-state index < -0.39 is 0 Å². The molecule has 2 aromatic rings. The normalized spacial score (nSPS) is 9.89. The Hall–Kier alpha value is -2.47. The Morgan fingerprint density at radius 3 is 2.83 bits per heavy atom. The van der Waals surface area contributed by atoms with E-state index in [-0.39, 0.29) is 5.91 Å². The molecule has 2 heterocycles. The van der Waals surface area contributed by atoms with Gasteiger partial charge in [-0.25, -0.2) is 4.98 Å². The number of rotatable bonds is 3. The summed E-state index contributed by atoms with van der Waals surface area (Å²) in [6.07, 6.45) is 4.66. The van der Waals surface area contributed by atoms with Crippen molar-refractivity contribution >= 4 is 17.4 Å². The Kier molecular flexibility index (Phi) is 3.49. The monoisotopic (exact) mass is 243 g/mol. The molecule has 0 saturated heterocycles. The summed E-state index contributed by atoms with van der Waals surface area (Å²) >= 11 is 0. The lowest BCUT2D eigenvalue weighted by Gasteiger charge is -2.17. The topological polar surface area (TPSA) is 84.1 Å². The highest BCUT2D eigenvalue weighted by Crippen LogP contribution is 2.17. The first-order chi connectivity index (χ1) is 8.74. The van der Waals surface area contributed by atoms with E-state index in [9.17, 15) is 4.79 Å². The van der Waals surface area contributed by atoms with Crippen molar-refractivity contribution in [3.8, 4) is 0 Å². The second kappa shape index (κ2) is 5.24. The van der Waals surface area contributed by atoms with E-state index in [1.807, 2.05) is 6.07 Å². The third kappa shape index (κ3) is 2.28. The van der Waals surface area contributed by atoms with Crippen molar-refractivity contribution in [1.29, 1.82) is 0 Å². The van der Waals surface area contributed by atoms with Gasteiger partial charge in [0.2, 0.25) is 0 Å². The predicted molar refractivity (Wildman–Crippen MR) is 69.0 cm³/mol. The SMILES string of the molecule is CN(C(=O)c1cnccc1NN)c1ccccn1. The minimum absolute atomic E-state index is 0.227. The van der Waals surface area contributed by atoms with Crippen LogP contribution < -0.4 is 16.2 Å². The van der Waals surface area contributed by atoms with Gasteiger partial charge in [-0.15, -0.1) is 0 Å². The summed E-state index contributed by atoms with van der Waals surface area (Å²) in [7, 11) is 1.65. The highest BCUT2D eigenvalue weighted by atomic mass is 16.2. The van der Waals surface area contributed by atoms with Gasteiger partial charge in [0.05, 0.1) is 11.3 Å². The molecule has 2 aromatic heterocycles. The van der Waals surface area contributed by atoms with Crippen molar-refractivity contribution in [2.75, 3.05) is 17.4 Å². The van der Waals surface area contributed by atoms with E-state index in [1.165, 1.54) is 11.1 Å². The number of hydrogen-bond acceptors (Lipinski definition) is 5. The summed E-state index contributed by atoms with van der Waals surface area (Å²) in [6.45, 7) is 0. The fourth-order valence-electron chi connectivity index (χ4n) is 1.53. The molecule has 6 nitrogen and oxygen atoms in total. The predicted octanol–water partition coefficient (Wildman–Crippen LogP) is 1.04. The molecule has 6 heteroatoms. The zero-order valence-electron chi connectivity index (χ0n) is 9.87. The van der Waals surface area contributed by atoms with Gasteiger partial charge in [-0.05, 0) is 18.2 Å². The van der Waals surface area contributed by atoms with Gasteiger partial charge in [0, 0.05) is 25.6 Å². The molecule has 1 amide bonds. The molecule has 0 aromatic carbocycles. The van der Waals surface area contributed by atoms with Crippen molar-refractivity contribution < 1.29 is 4.79 Å². The van der Waals surface area contributed by atoms with Gasteiger partial charge >= 0.3 is 0 Å². The number of hydrogen-bond donors (Lipinski definition) is 2. The third-order valence-electron chi connectivity index (χ3n) is 2.50. The second-order valence-electron chi connectivity index (χ2n) is 3.62. The number of amides is 1. The molecule has 18 heavy (non-hydrogen) atoms. The molecule has 0 aliphatic carbocycles. The van der Waals surface area contributed by atoms with Crippen molar-refractivity contribution in [3.63, 3.8) is 0 Å². The third-order valence-corrected chi connectivity index (χ3v) is 2.50. The van der Waals surface area contributed by atoms with E-state index >= 15 is 0 Å². The largest absolute Gasteiger partial charge is 0.323 e. The van der Waals surface area contributed by atoms with Gasteiger partial charge < -0.3 is 5.43 Å². The van der Waals surface area contributed by atoms with E-state index in [0.29, 0.717) is 17.1 Å². The minimum atomic E-state index is -0.227. The molecular weight excluding hydrogens is 230 g/mol. The van der Waals surface area contributed by atoms with Crippen molar-refractivity contribution in [1.82, 2.24) is 9.97 Å². The molecule has 3 N–H and O–H groups in total. The highest BCUT2D eigenvalue weighted by Gasteiger charge is 2.17. The van der Waals surface area contributed by atoms with Crippen LogP contribution in [0, 0.1) is 0 Å². The quantitative estimate of drug-likeness (QED) is 0.621. The Labute approximate surface area is 104 Å². The zero-order chi connectivity index (χ0) is 13.0. The molecule has 92 valence electrons. The van der Waals surface area contributed by atoms with E-state index in [1.54, 1.807) is 37.6 Å². The number of carbonyl (C=O) groups is 1. The van der Waals surface area contributed by atoms with E-state index in [0.717, 1.165) is 0 Å². The minimum Gasteiger partial charge on any atom is -0.323 e. The van der Waals surface area contributed by atoms with Crippen LogP contribution in [0.25, 0.3) is 0 Å². The fraction of sp³-hybridized carbons (Fsp3) is 0.0833. The Morgan fingerprint density at radius 1 is 1.33 bits per heavy atom. The molecule has 0 atom stereocenters. The lowest BCUT2D eigenvalue weighted by molar-refractivity contribution is 0.0992. The molecule has 0 fully saturated rings. The van der Waals surface area contributed by atoms with Gasteiger partial charge in [0.25, 0.3) is 5.91 Å². The number of nitrogens with zero attached hydrogens (tertiary/aromatic N) is 3. The number of carbonyl (C=O) groups excluding carboxylic acids is 1. The van der Waals surface area contributed by atoms with Crippen LogP contribution in [0.4, 0.5) is 11.5 Å². The summed E-state index contributed by atoms with van der Waals surface area (Å²) in [4.78, 5) is 21.8. The van der Waals surface area contributed by atoms with Crippen LogP contribution in [0.5, 0.6) is 0 Å². The fourth-order valence-corrected chi connectivity index (χ4v) is 1.53. The Bertz CT molecular complexity index is 543. The van der Waals surface area contributed by atoms with Gasteiger partial charge in [0.15, 0.2) is 0 Å². The average molecular weight is 243 g/mol. The van der Waals surface area contributed by atoms with Gasteiger partial charge in [-0.3, -0.25) is 20.5 Å². The lowest BCUT2D eigenvalue weighted by Crippen LogP contribution is -2.28. The summed E-state index contributed by atoms with van der Waals surface area (Å²) in [5.74, 6) is 5.70. The molecule has 0 spiro atoms. The van der Waals surface area contributed by atoms with Crippen molar-refractivity contribution in [2.45, 2.75) is 0 Å². The summed E-state index contributed by atoms with van der Waals surface area (Å²) in [6, 6.07) is 7.00. The Morgan fingerprint density at radius 2 is 2.17 bits per heavy atom. The average Bonchev–Trinajstić information content (AvgIpc) is 2.46. The van der Waals surface area contributed by atoms with Crippen LogP contribution in [0.1, 0.15) is 10.4 Å². The molecule has 0 bridgehead atoms. The molecular formula is C12H13N5O. The first kappa shape index (κ1) is 12.0. The van der Waals surface area contributed by atoms with Crippen LogP contribution in [0.2, 0.25) is 0 Å². The molecule has 0 aliphatic heterocycles. The standard InChI is InChI=1S/C12H13N5O/c1-17(11-4-2-3-6-15-11)12(18)9-8-14-7-5-10(9)16-13/h2-8H,13H2,1H3,(H,14,16). The number of pyridine rings is 2. The lowest BCUT2D eigenvalue weighted by atomic mass is 10.2. The van der Waals surface area contributed by atoms with Gasteiger partial charge in [0.1, 0.15) is 5.82 Å². The van der Waals surface area contributed by atoms with E-state index in [2.05, 4.69) is 15.4 Å². The highest BCUT2D eigenvalue weighted by molar-refractivity contribution is 6.08. The molecule has 0 aliphatic rings. The van der Waals surface area contributed by atoms with Gasteiger partial charge in [-0.2, -0.15) is 0 Å². The maximum absolute atomic E-state index is 12.3. The number of nitrogens with one attached hydrogen (secondary N) is 1. The summed E-state index contributed by atoms with van der Waals surface area (Å²) in [5, 5.41) is 0. The van der Waals surface area contributed by atoms with E-state index in [4.69, 9.17) is 5.84 Å². The number of nitrogen functional groups attached to an aromatic ring is 1. The summed E-state index contributed by atoms with van der Waals surface area (Å²) in [5.41, 5.74) is 3.40. The number of aromatic nitrogens is 2. The molecule has 0 saturated carbocycles. The molecule has 0 radical (unpaired) electrons. The second-order valence-corrected chi connectivity index (χ2v) is 3.62. The first-order valence-corrected chi connectivity index (χ1v) is 5.33. The van der Waals surface area contributed by atoms with Crippen LogP contribution in [-0.2, 0) is 0 Å². The van der Waals surface area contributed by atoms with Gasteiger partial charge in [-0.1, -0.05) is 6.07 Å². The summed E-state index contributed by atoms with van der Waals surface area (Å²) < 4.78 is 0. The van der Waals surface area contributed by atoms with Crippen LogP contribution >= 0.6 is 0 Å². The zero-order valence-corrected chi connectivity index (χ0v) is 9.87. The number of anilines is 2. The molecule has 2 rings (SSSR count). The van der Waals surface area contributed by atoms with Crippen LogP contribution in [0.3, 0.4) is 0 Å². The smallest absolute Gasteiger partial charge is 0.262 e.